The first-order chi connectivity index (χ1) is 15.5. The van der Waals surface area contributed by atoms with Gasteiger partial charge >= 0.3 is 0 Å². The lowest BCUT2D eigenvalue weighted by Crippen LogP contribution is -2.34. The number of hydrogen-bond acceptors (Lipinski definition) is 5. The van der Waals surface area contributed by atoms with Crippen molar-refractivity contribution in [2.75, 3.05) is 37.8 Å². The first-order valence-electron chi connectivity index (χ1n) is 11.5. The molecule has 0 saturated carbocycles. The van der Waals surface area contributed by atoms with Gasteiger partial charge in [-0.25, -0.2) is 4.98 Å². The third-order valence-electron chi connectivity index (χ3n) is 5.74. The summed E-state index contributed by atoms with van der Waals surface area (Å²) < 4.78 is 20.0. The summed E-state index contributed by atoms with van der Waals surface area (Å²) in [6.07, 6.45) is 4.05. The molecule has 1 saturated heterocycles. The van der Waals surface area contributed by atoms with E-state index in [0.717, 1.165) is 36.4 Å². The van der Waals surface area contributed by atoms with Crippen molar-refractivity contribution in [3.8, 4) is 0 Å². The lowest BCUT2D eigenvalue weighted by molar-refractivity contribution is -0.00795. The fraction of sp³-hybridized carbons (Fsp3) is 0.480. The van der Waals surface area contributed by atoms with E-state index < -0.39 is 8.07 Å². The number of rotatable bonds is 9. The predicted molar refractivity (Wildman–Crippen MR) is 132 cm³/mol. The maximum atomic E-state index is 6.17. The van der Waals surface area contributed by atoms with Gasteiger partial charge in [-0.05, 0) is 23.7 Å². The molecule has 1 aliphatic heterocycles. The van der Waals surface area contributed by atoms with Crippen LogP contribution in [0.4, 0.5) is 5.69 Å². The maximum absolute atomic E-state index is 6.17. The van der Waals surface area contributed by atoms with Crippen molar-refractivity contribution in [2.45, 2.75) is 45.1 Å². The van der Waals surface area contributed by atoms with Gasteiger partial charge in [0.05, 0.1) is 37.8 Å². The van der Waals surface area contributed by atoms with Gasteiger partial charge in [0.25, 0.3) is 0 Å². The van der Waals surface area contributed by atoms with Crippen LogP contribution in [0.2, 0.25) is 25.7 Å². The minimum absolute atomic E-state index is 0.0257. The summed E-state index contributed by atoms with van der Waals surface area (Å²) in [7, 11) is -1.07. The molecule has 172 valence electrons. The van der Waals surface area contributed by atoms with Gasteiger partial charge in [0, 0.05) is 39.4 Å². The van der Waals surface area contributed by atoms with Crippen molar-refractivity contribution in [2.24, 2.45) is 0 Å². The molecule has 4 rings (SSSR count). The number of pyridine rings is 1. The molecule has 0 N–H and O–H groups in total. The first-order valence-corrected chi connectivity index (χ1v) is 15.2. The lowest BCUT2D eigenvalue weighted by atomic mass is 10.2. The van der Waals surface area contributed by atoms with E-state index in [1.54, 1.807) is 0 Å². The monoisotopic (exact) mass is 453 g/mol. The molecular formula is C25H35N3O3Si. The van der Waals surface area contributed by atoms with Gasteiger partial charge in [-0.1, -0.05) is 50.0 Å². The van der Waals surface area contributed by atoms with Crippen molar-refractivity contribution >= 4 is 24.8 Å². The Bertz CT molecular complexity index is 987. The van der Waals surface area contributed by atoms with E-state index in [9.17, 15) is 0 Å². The third kappa shape index (κ3) is 6.42. The Kier molecular flexibility index (Phi) is 7.62. The van der Waals surface area contributed by atoms with Gasteiger partial charge in [-0.15, -0.1) is 0 Å². The molecule has 6 nitrogen and oxygen atoms in total. The van der Waals surface area contributed by atoms with Crippen molar-refractivity contribution in [1.82, 2.24) is 9.55 Å². The molecular weight excluding hydrogens is 418 g/mol. The SMILES string of the molecule is C[Si](C)(C)CCOCn1ccc2cc(N3CCOCC(OCc4ccccc4)C3)cnc21. The van der Waals surface area contributed by atoms with Gasteiger partial charge < -0.3 is 23.7 Å². The van der Waals surface area contributed by atoms with Crippen LogP contribution in [0.3, 0.4) is 0 Å². The molecule has 2 aromatic heterocycles. The quantitative estimate of drug-likeness (QED) is 0.345. The summed E-state index contributed by atoms with van der Waals surface area (Å²) >= 11 is 0. The molecule has 1 fully saturated rings. The van der Waals surface area contributed by atoms with Crippen LogP contribution in [0.1, 0.15) is 5.56 Å². The molecule has 0 bridgehead atoms. The van der Waals surface area contributed by atoms with E-state index >= 15 is 0 Å². The summed E-state index contributed by atoms with van der Waals surface area (Å²) in [5, 5.41) is 1.13. The summed E-state index contributed by atoms with van der Waals surface area (Å²) in [6, 6.07) is 15.8. The Balaban J connectivity index is 1.37. The van der Waals surface area contributed by atoms with E-state index in [1.807, 2.05) is 24.4 Å². The predicted octanol–water partition coefficient (Wildman–Crippen LogP) is 4.77. The summed E-state index contributed by atoms with van der Waals surface area (Å²) in [5.41, 5.74) is 3.25. The highest BCUT2D eigenvalue weighted by Crippen LogP contribution is 2.23. The molecule has 0 spiro atoms. The van der Waals surface area contributed by atoms with Crippen LogP contribution in [-0.4, -0.2) is 56.6 Å². The van der Waals surface area contributed by atoms with Gasteiger partial charge in [0.1, 0.15) is 12.4 Å². The van der Waals surface area contributed by atoms with Gasteiger partial charge in [0.2, 0.25) is 0 Å². The second-order valence-electron chi connectivity index (χ2n) is 9.68. The van der Waals surface area contributed by atoms with Crippen molar-refractivity contribution in [3.63, 3.8) is 0 Å². The maximum Gasteiger partial charge on any atom is 0.141 e. The average Bonchev–Trinajstić information content (AvgIpc) is 3.03. The van der Waals surface area contributed by atoms with Crippen LogP contribution in [0.25, 0.3) is 11.0 Å². The number of aromatic nitrogens is 2. The minimum Gasteiger partial charge on any atom is -0.377 e. The highest BCUT2D eigenvalue weighted by atomic mass is 28.3. The molecule has 3 heterocycles. The second-order valence-corrected chi connectivity index (χ2v) is 15.3. The number of ether oxygens (including phenoxy) is 3. The number of anilines is 1. The Morgan fingerprint density at radius 3 is 2.81 bits per heavy atom. The first kappa shape index (κ1) is 23.0. The third-order valence-corrected chi connectivity index (χ3v) is 7.44. The van der Waals surface area contributed by atoms with Gasteiger partial charge in [0.15, 0.2) is 0 Å². The average molecular weight is 454 g/mol. The summed E-state index contributed by atoms with van der Waals surface area (Å²) in [6.45, 7) is 12.0. The molecule has 3 aromatic rings. The van der Waals surface area contributed by atoms with Gasteiger partial charge in [-0.3, -0.25) is 0 Å². The van der Waals surface area contributed by atoms with Crippen LogP contribution >= 0.6 is 0 Å². The van der Waals surface area contributed by atoms with Crippen LogP contribution in [0.15, 0.2) is 54.9 Å². The lowest BCUT2D eigenvalue weighted by Gasteiger charge is -2.25. The van der Waals surface area contributed by atoms with Crippen molar-refractivity contribution in [1.29, 1.82) is 0 Å². The smallest absolute Gasteiger partial charge is 0.141 e. The largest absolute Gasteiger partial charge is 0.377 e. The molecule has 32 heavy (non-hydrogen) atoms. The zero-order valence-electron chi connectivity index (χ0n) is 19.5. The van der Waals surface area contributed by atoms with Crippen LogP contribution in [0, 0.1) is 0 Å². The van der Waals surface area contributed by atoms with E-state index in [1.165, 1.54) is 11.6 Å². The number of fused-ring (bicyclic) bond motifs is 1. The molecule has 1 aliphatic rings. The second kappa shape index (κ2) is 10.6. The molecule has 0 aliphatic carbocycles. The summed E-state index contributed by atoms with van der Waals surface area (Å²) in [5.74, 6) is 0. The van der Waals surface area contributed by atoms with Crippen molar-refractivity contribution in [3.05, 3.63) is 60.4 Å². The van der Waals surface area contributed by atoms with E-state index in [2.05, 4.69) is 59.6 Å². The van der Waals surface area contributed by atoms with Crippen molar-refractivity contribution < 1.29 is 14.2 Å². The fourth-order valence-corrected chi connectivity index (χ4v) is 4.54. The Morgan fingerprint density at radius 1 is 1.16 bits per heavy atom. The fourth-order valence-electron chi connectivity index (χ4n) is 3.79. The van der Waals surface area contributed by atoms with Crippen LogP contribution in [0.5, 0.6) is 0 Å². The van der Waals surface area contributed by atoms with E-state index in [4.69, 9.17) is 19.2 Å². The molecule has 1 aromatic carbocycles. The summed E-state index contributed by atoms with van der Waals surface area (Å²) in [4.78, 5) is 7.08. The number of hydrogen-bond donors (Lipinski definition) is 0. The Labute approximate surface area is 192 Å². The Hall–Kier alpha value is -2.19. The minimum atomic E-state index is -1.07. The standard InChI is InChI=1S/C25H35N3O3Si/c1-32(2,3)14-13-30-20-28-10-9-22-15-23(16-26-25(22)28)27-11-12-29-19-24(17-27)31-18-21-7-5-4-6-8-21/h4-10,15-16,24H,11-14,17-20H2,1-3H3. The van der Waals surface area contributed by atoms with Crippen LogP contribution in [-0.2, 0) is 27.5 Å². The Morgan fingerprint density at radius 2 is 2.00 bits per heavy atom. The van der Waals surface area contributed by atoms with Crippen LogP contribution < -0.4 is 4.90 Å². The topological polar surface area (TPSA) is 48.8 Å². The normalized spacial score (nSPS) is 17.6. The van der Waals surface area contributed by atoms with E-state index in [0.29, 0.717) is 26.6 Å². The van der Waals surface area contributed by atoms with E-state index in [-0.39, 0.29) is 6.10 Å². The highest BCUT2D eigenvalue weighted by Gasteiger charge is 2.20. The molecule has 0 radical (unpaired) electrons. The van der Waals surface area contributed by atoms with Gasteiger partial charge in [-0.2, -0.15) is 0 Å². The zero-order valence-corrected chi connectivity index (χ0v) is 20.5. The number of benzene rings is 1. The number of nitrogens with zero attached hydrogens (tertiary/aromatic N) is 3. The molecule has 1 atom stereocenters. The molecule has 7 heteroatoms. The highest BCUT2D eigenvalue weighted by molar-refractivity contribution is 6.76. The molecule has 1 unspecified atom stereocenters. The zero-order chi connectivity index (χ0) is 22.4. The molecule has 0 amide bonds.